The average Bonchev–Trinajstić information content (AvgIpc) is 1.35. The second kappa shape index (κ2) is 69.8. The van der Waals surface area contributed by atoms with Gasteiger partial charge in [0.25, 0.3) is 0 Å². The largest absolute Gasteiger partial charge is 0.472 e. The molecule has 0 aromatic carbocycles. The van der Waals surface area contributed by atoms with Gasteiger partial charge in [-0.05, 0) is 37.5 Å². The molecule has 17 nitrogen and oxygen atoms in total. The molecule has 0 spiro atoms. The quantitative estimate of drug-likeness (QED) is 0.0222. The van der Waals surface area contributed by atoms with Crippen LogP contribution in [0.2, 0.25) is 0 Å². The number of phosphoric ester groups is 2. The van der Waals surface area contributed by atoms with Gasteiger partial charge < -0.3 is 33.8 Å². The number of rotatable bonds is 77. The van der Waals surface area contributed by atoms with Crippen molar-refractivity contribution in [2.45, 2.75) is 426 Å². The lowest BCUT2D eigenvalue weighted by Crippen LogP contribution is -2.30. The third-order valence-corrected chi connectivity index (χ3v) is 20.5. The summed E-state index contributed by atoms with van der Waals surface area (Å²) >= 11 is 0. The molecule has 0 aliphatic rings. The standard InChI is InChI=1S/C78H152O17P2/c1-7-10-12-14-16-18-20-27-31-37-43-49-55-61-76(81)89-67-73(94-77(82)62-56-50-44-38-32-29-26-24-22-21-23-25-28-30-35-41-47-53-59-71(6)9-3)68-92-96(84,85)90-64-72(79)65-91-97(86,87)93-69-74(66-88-75(80)60-54-48-42-36-19-17-15-13-11-8-2)95-78(83)63-57-51-45-39-33-34-40-46-52-58-70(4)5/h70-74,79H,7-69H2,1-6H3,(H,84,85)(H,86,87)/t71?,72-,73-,74-/m1/s1. The maximum atomic E-state index is 13.1. The zero-order valence-corrected chi connectivity index (χ0v) is 65.2. The van der Waals surface area contributed by atoms with Crippen LogP contribution in [-0.2, 0) is 65.4 Å². The fraction of sp³-hybridized carbons (Fsp3) is 0.949. The Bertz CT molecular complexity index is 1870. The van der Waals surface area contributed by atoms with Gasteiger partial charge >= 0.3 is 39.5 Å². The second-order valence-corrected chi connectivity index (χ2v) is 31.7. The predicted octanol–water partition coefficient (Wildman–Crippen LogP) is 23.1. The first kappa shape index (κ1) is 95.1. The monoisotopic (exact) mass is 1420 g/mol. The van der Waals surface area contributed by atoms with Gasteiger partial charge in [-0.1, -0.05) is 356 Å². The Hall–Kier alpha value is -1.94. The van der Waals surface area contributed by atoms with Crippen molar-refractivity contribution in [3.8, 4) is 0 Å². The average molecular weight is 1420 g/mol. The number of phosphoric acid groups is 2. The van der Waals surface area contributed by atoms with E-state index in [1.54, 1.807) is 0 Å². The Balaban J connectivity index is 5.19. The number of ether oxygens (including phenoxy) is 4. The van der Waals surface area contributed by atoms with E-state index in [0.29, 0.717) is 25.7 Å². The lowest BCUT2D eigenvalue weighted by molar-refractivity contribution is -0.161. The van der Waals surface area contributed by atoms with Crippen molar-refractivity contribution in [2.24, 2.45) is 11.8 Å². The summed E-state index contributed by atoms with van der Waals surface area (Å²) in [6.45, 7) is 9.64. The van der Waals surface area contributed by atoms with Crippen LogP contribution in [0.1, 0.15) is 408 Å². The van der Waals surface area contributed by atoms with Crippen molar-refractivity contribution >= 4 is 39.5 Å². The number of esters is 4. The number of aliphatic hydroxyl groups is 1. The van der Waals surface area contributed by atoms with Crippen molar-refractivity contribution in [3.63, 3.8) is 0 Å². The van der Waals surface area contributed by atoms with E-state index in [0.717, 1.165) is 102 Å². The molecule has 19 heteroatoms. The summed E-state index contributed by atoms with van der Waals surface area (Å²) in [6.07, 6.45) is 58.2. The minimum absolute atomic E-state index is 0.106. The van der Waals surface area contributed by atoms with Gasteiger partial charge in [0, 0.05) is 25.7 Å². The summed E-state index contributed by atoms with van der Waals surface area (Å²) in [7, 11) is -9.91. The van der Waals surface area contributed by atoms with E-state index in [1.165, 1.54) is 225 Å². The molecule has 576 valence electrons. The van der Waals surface area contributed by atoms with Gasteiger partial charge in [0.2, 0.25) is 0 Å². The molecule has 0 saturated heterocycles. The Labute approximate surface area is 594 Å². The van der Waals surface area contributed by atoms with E-state index in [-0.39, 0.29) is 25.7 Å². The highest BCUT2D eigenvalue weighted by molar-refractivity contribution is 7.47. The molecule has 0 aromatic rings. The number of hydrogen-bond donors (Lipinski definition) is 3. The van der Waals surface area contributed by atoms with Crippen LogP contribution in [0.4, 0.5) is 0 Å². The number of hydrogen-bond acceptors (Lipinski definition) is 15. The molecule has 6 atom stereocenters. The Morgan fingerprint density at radius 1 is 0.299 bits per heavy atom. The number of carbonyl (C=O) groups excluding carboxylic acids is 4. The van der Waals surface area contributed by atoms with Gasteiger partial charge in [-0.25, -0.2) is 9.13 Å². The molecule has 0 aliphatic heterocycles. The topological polar surface area (TPSA) is 237 Å². The summed E-state index contributed by atoms with van der Waals surface area (Å²) in [5.74, 6) is -0.506. The molecule has 0 fully saturated rings. The van der Waals surface area contributed by atoms with Crippen LogP contribution in [0, 0.1) is 11.8 Å². The fourth-order valence-corrected chi connectivity index (χ4v) is 13.6. The van der Waals surface area contributed by atoms with Gasteiger partial charge in [0.05, 0.1) is 26.4 Å². The number of aliphatic hydroxyl groups excluding tert-OH is 1. The van der Waals surface area contributed by atoms with E-state index in [1.807, 2.05) is 0 Å². The van der Waals surface area contributed by atoms with Crippen LogP contribution in [-0.4, -0.2) is 96.7 Å². The van der Waals surface area contributed by atoms with Crippen LogP contribution in [0.5, 0.6) is 0 Å². The highest BCUT2D eigenvalue weighted by atomic mass is 31.2. The molecule has 0 aliphatic carbocycles. The van der Waals surface area contributed by atoms with Gasteiger partial charge in [-0.15, -0.1) is 0 Å². The molecule has 97 heavy (non-hydrogen) atoms. The fourth-order valence-electron chi connectivity index (χ4n) is 12.0. The molecule has 0 aromatic heterocycles. The molecule has 0 saturated carbocycles. The summed E-state index contributed by atoms with van der Waals surface area (Å²) < 4.78 is 68.5. The zero-order valence-electron chi connectivity index (χ0n) is 63.4. The second-order valence-electron chi connectivity index (χ2n) is 28.8. The normalized spacial score (nSPS) is 14.2. The highest BCUT2D eigenvalue weighted by Crippen LogP contribution is 2.45. The minimum Gasteiger partial charge on any atom is -0.462 e. The maximum absolute atomic E-state index is 13.1. The SMILES string of the molecule is CCCCCCCCCCCCCCCC(=O)OC[C@H](COP(=O)(O)OC[C@@H](O)COP(=O)(O)OC[C@@H](COC(=O)CCCCCCCCCCCC)OC(=O)CCCCCCCCCCCC(C)C)OC(=O)CCCCCCCCCCCCCCCCCCCCC(C)CC. The van der Waals surface area contributed by atoms with Crippen molar-refractivity contribution in [3.05, 3.63) is 0 Å². The lowest BCUT2D eigenvalue weighted by atomic mass is 9.99. The highest BCUT2D eigenvalue weighted by Gasteiger charge is 2.30. The summed E-state index contributed by atoms with van der Waals surface area (Å²) in [5.41, 5.74) is 0. The first-order chi connectivity index (χ1) is 46.9. The third kappa shape index (κ3) is 70.9. The first-order valence-electron chi connectivity index (χ1n) is 40.5. The molecule has 0 bridgehead atoms. The van der Waals surface area contributed by atoms with Crippen LogP contribution >= 0.6 is 15.6 Å². The van der Waals surface area contributed by atoms with Gasteiger partial charge in [0.15, 0.2) is 12.2 Å². The summed E-state index contributed by atoms with van der Waals surface area (Å²) in [4.78, 5) is 72.8. The molecule has 3 N–H and O–H groups in total. The van der Waals surface area contributed by atoms with E-state index < -0.39 is 97.5 Å². The molecule has 0 rings (SSSR count). The predicted molar refractivity (Wildman–Crippen MR) is 395 cm³/mol. The van der Waals surface area contributed by atoms with Gasteiger partial charge in [-0.2, -0.15) is 0 Å². The summed E-state index contributed by atoms with van der Waals surface area (Å²) in [6, 6.07) is 0. The van der Waals surface area contributed by atoms with Crippen LogP contribution in [0.25, 0.3) is 0 Å². The van der Waals surface area contributed by atoms with Crippen molar-refractivity contribution < 1.29 is 80.2 Å². The lowest BCUT2D eigenvalue weighted by Gasteiger charge is -2.21. The molecular weight excluding hydrogens is 1270 g/mol. The Morgan fingerprint density at radius 2 is 0.526 bits per heavy atom. The van der Waals surface area contributed by atoms with E-state index in [9.17, 15) is 43.2 Å². The van der Waals surface area contributed by atoms with Crippen molar-refractivity contribution in [1.29, 1.82) is 0 Å². The third-order valence-electron chi connectivity index (χ3n) is 18.6. The van der Waals surface area contributed by atoms with Crippen LogP contribution < -0.4 is 0 Å². The minimum atomic E-state index is -4.96. The van der Waals surface area contributed by atoms with Gasteiger partial charge in [-0.3, -0.25) is 37.3 Å². The Kier molecular flexibility index (Phi) is 68.4. The maximum Gasteiger partial charge on any atom is 0.472 e. The molecule has 0 heterocycles. The zero-order chi connectivity index (χ0) is 71.4. The van der Waals surface area contributed by atoms with Crippen molar-refractivity contribution in [1.82, 2.24) is 0 Å². The Morgan fingerprint density at radius 3 is 0.784 bits per heavy atom. The van der Waals surface area contributed by atoms with E-state index in [4.69, 9.17) is 37.0 Å². The van der Waals surface area contributed by atoms with Crippen LogP contribution in [0.15, 0.2) is 0 Å². The van der Waals surface area contributed by atoms with Crippen LogP contribution in [0.3, 0.4) is 0 Å². The van der Waals surface area contributed by atoms with E-state index in [2.05, 4.69) is 41.5 Å². The molecule has 0 radical (unpaired) electrons. The number of unbranched alkanes of at least 4 members (excludes halogenated alkanes) is 46. The first-order valence-corrected chi connectivity index (χ1v) is 43.5. The van der Waals surface area contributed by atoms with Crippen molar-refractivity contribution in [2.75, 3.05) is 39.6 Å². The van der Waals surface area contributed by atoms with E-state index >= 15 is 0 Å². The number of carbonyl (C=O) groups is 4. The molecular formula is C78H152O17P2. The summed E-state index contributed by atoms with van der Waals surface area (Å²) in [5, 5.41) is 10.6. The molecule has 3 unspecified atom stereocenters. The molecule has 0 amide bonds. The smallest absolute Gasteiger partial charge is 0.462 e. The van der Waals surface area contributed by atoms with Gasteiger partial charge in [0.1, 0.15) is 19.3 Å².